The van der Waals surface area contributed by atoms with Crippen LogP contribution in [0.3, 0.4) is 0 Å². The summed E-state index contributed by atoms with van der Waals surface area (Å²) >= 11 is 0. The molecule has 2 atom stereocenters. The van der Waals surface area contributed by atoms with Crippen molar-refractivity contribution >= 4 is 16.7 Å². The van der Waals surface area contributed by atoms with Gasteiger partial charge in [0, 0.05) is 36.6 Å². The number of piperazine rings is 1. The van der Waals surface area contributed by atoms with Crippen LogP contribution in [-0.4, -0.2) is 69.1 Å². The Bertz CT molecular complexity index is 1120. The van der Waals surface area contributed by atoms with E-state index in [1.54, 1.807) is 6.33 Å². The molecule has 1 aromatic carbocycles. The van der Waals surface area contributed by atoms with E-state index in [-0.39, 0.29) is 0 Å². The largest absolute Gasteiger partial charge is 0.378 e. The minimum Gasteiger partial charge on any atom is -0.378 e. The van der Waals surface area contributed by atoms with Crippen LogP contribution in [0.2, 0.25) is 0 Å². The summed E-state index contributed by atoms with van der Waals surface area (Å²) in [4.78, 5) is 14.2. The summed E-state index contributed by atoms with van der Waals surface area (Å²) in [5.74, 6) is 1.81. The number of rotatable bonds is 4. The molecule has 7 heteroatoms. The summed E-state index contributed by atoms with van der Waals surface area (Å²) in [7, 11) is 0. The van der Waals surface area contributed by atoms with E-state index in [1.807, 2.05) is 10.9 Å². The van der Waals surface area contributed by atoms with E-state index in [2.05, 4.69) is 69.9 Å². The van der Waals surface area contributed by atoms with Gasteiger partial charge in [0.1, 0.15) is 12.1 Å². The Balaban J connectivity index is 1.30. The Morgan fingerprint density at radius 3 is 2.41 bits per heavy atom. The summed E-state index contributed by atoms with van der Waals surface area (Å²) in [5.41, 5.74) is 2.83. The smallest absolute Gasteiger partial charge is 0.159 e. The first-order valence-electron chi connectivity index (χ1n) is 11.9. The maximum atomic E-state index is 5.44. The molecule has 0 amide bonds. The van der Waals surface area contributed by atoms with Gasteiger partial charge in [-0.3, -0.25) is 4.90 Å². The zero-order valence-corrected chi connectivity index (χ0v) is 19.2. The molecule has 32 heavy (non-hydrogen) atoms. The third kappa shape index (κ3) is 3.21. The van der Waals surface area contributed by atoms with Gasteiger partial charge < -0.3 is 9.64 Å². The molecular weight excluding hydrogens is 400 g/mol. The van der Waals surface area contributed by atoms with Crippen molar-refractivity contribution in [3.05, 3.63) is 42.4 Å². The number of anilines is 1. The fraction of sp³-hybridized carbons (Fsp3) is 0.560. The van der Waals surface area contributed by atoms with E-state index >= 15 is 0 Å². The van der Waals surface area contributed by atoms with Crippen LogP contribution in [0.1, 0.15) is 45.6 Å². The zero-order chi connectivity index (χ0) is 21.9. The maximum Gasteiger partial charge on any atom is 0.159 e. The Kier molecular flexibility index (Phi) is 4.73. The van der Waals surface area contributed by atoms with Gasteiger partial charge in [-0.2, -0.15) is 5.10 Å². The molecule has 2 aliphatic heterocycles. The Morgan fingerprint density at radius 2 is 1.75 bits per heavy atom. The standard InChI is InChI=1S/C25H32N6O/c1-17-12-29(13-18(2)30(17)21-14-32-15-21)23-10-24(27-16-26-23)31-22-9-20(25(3)7-4-8-25)6-5-19(22)11-28-31/h5-6,9-11,16-18,21H,4,7-8,12-15H2,1-3H3/t17-,18+. The second kappa shape index (κ2) is 7.52. The highest BCUT2D eigenvalue weighted by Crippen LogP contribution is 2.43. The van der Waals surface area contributed by atoms with Crippen LogP contribution in [0.15, 0.2) is 36.8 Å². The second-order valence-corrected chi connectivity index (χ2v) is 10.2. The van der Waals surface area contributed by atoms with Crippen molar-refractivity contribution in [2.75, 3.05) is 31.2 Å². The number of nitrogens with zero attached hydrogens (tertiary/aromatic N) is 6. The molecule has 0 radical (unpaired) electrons. The lowest BCUT2D eigenvalue weighted by molar-refractivity contribution is -0.0941. The van der Waals surface area contributed by atoms with Gasteiger partial charge in [0.05, 0.1) is 31.0 Å². The van der Waals surface area contributed by atoms with E-state index in [0.717, 1.165) is 48.8 Å². The first-order valence-corrected chi connectivity index (χ1v) is 11.9. The summed E-state index contributed by atoms with van der Waals surface area (Å²) in [6, 6.07) is 10.4. The van der Waals surface area contributed by atoms with Crippen LogP contribution in [0.25, 0.3) is 16.7 Å². The van der Waals surface area contributed by atoms with Crippen LogP contribution in [0.5, 0.6) is 0 Å². The van der Waals surface area contributed by atoms with E-state index in [1.165, 1.54) is 24.8 Å². The number of fused-ring (bicyclic) bond motifs is 1. The summed E-state index contributed by atoms with van der Waals surface area (Å²) in [6.45, 7) is 10.6. The number of hydrogen-bond donors (Lipinski definition) is 0. The van der Waals surface area contributed by atoms with Crippen LogP contribution in [0, 0.1) is 0 Å². The van der Waals surface area contributed by atoms with Gasteiger partial charge >= 0.3 is 0 Å². The minimum atomic E-state index is 0.303. The van der Waals surface area contributed by atoms with Gasteiger partial charge in [0.25, 0.3) is 0 Å². The lowest BCUT2D eigenvalue weighted by Gasteiger charge is -2.50. The van der Waals surface area contributed by atoms with Crippen molar-refractivity contribution in [2.24, 2.45) is 0 Å². The molecule has 3 aromatic rings. The summed E-state index contributed by atoms with van der Waals surface area (Å²) in [6.07, 6.45) is 7.46. The quantitative estimate of drug-likeness (QED) is 0.628. The summed E-state index contributed by atoms with van der Waals surface area (Å²) < 4.78 is 7.42. The first-order chi connectivity index (χ1) is 15.5. The molecule has 0 unspecified atom stereocenters. The molecule has 6 rings (SSSR count). The Morgan fingerprint density at radius 1 is 1.00 bits per heavy atom. The van der Waals surface area contributed by atoms with Crippen molar-refractivity contribution in [3.63, 3.8) is 0 Å². The van der Waals surface area contributed by atoms with Crippen LogP contribution >= 0.6 is 0 Å². The molecule has 1 saturated carbocycles. The van der Waals surface area contributed by atoms with E-state index in [4.69, 9.17) is 4.74 Å². The van der Waals surface area contributed by atoms with E-state index < -0.39 is 0 Å². The number of ether oxygens (including phenoxy) is 1. The van der Waals surface area contributed by atoms with Gasteiger partial charge in [-0.15, -0.1) is 0 Å². The molecule has 2 aromatic heterocycles. The van der Waals surface area contributed by atoms with Crippen molar-refractivity contribution < 1.29 is 4.74 Å². The third-order valence-corrected chi connectivity index (χ3v) is 7.93. The van der Waals surface area contributed by atoms with Gasteiger partial charge in [0.2, 0.25) is 0 Å². The fourth-order valence-corrected chi connectivity index (χ4v) is 5.84. The maximum absolute atomic E-state index is 5.44. The molecular formula is C25H32N6O. The second-order valence-electron chi connectivity index (χ2n) is 10.2. The normalized spacial score (nSPS) is 26.2. The molecule has 168 valence electrons. The average molecular weight is 433 g/mol. The predicted octanol–water partition coefficient (Wildman–Crippen LogP) is 3.55. The third-order valence-electron chi connectivity index (χ3n) is 7.93. The molecule has 0 bridgehead atoms. The highest BCUT2D eigenvalue weighted by atomic mass is 16.5. The van der Waals surface area contributed by atoms with E-state index in [9.17, 15) is 0 Å². The summed E-state index contributed by atoms with van der Waals surface area (Å²) in [5, 5.41) is 5.84. The molecule has 1 aliphatic carbocycles. The van der Waals surface area contributed by atoms with Crippen molar-refractivity contribution in [1.29, 1.82) is 0 Å². The van der Waals surface area contributed by atoms with Gasteiger partial charge in [-0.05, 0) is 43.7 Å². The highest BCUT2D eigenvalue weighted by Gasteiger charge is 2.38. The Labute approximate surface area is 189 Å². The lowest BCUT2D eigenvalue weighted by atomic mass is 9.66. The first kappa shape index (κ1) is 20.1. The SMILES string of the molecule is C[C@@H]1CN(c2cc(-n3ncc4ccc(C5(C)CCC5)cc43)ncn2)C[C@H](C)N1C1COC1. The average Bonchev–Trinajstić information content (AvgIpc) is 3.16. The fourth-order valence-electron chi connectivity index (χ4n) is 5.84. The highest BCUT2D eigenvalue weighted by molar-refractivity contribution is 5.81. The molecule has 0 spiro atoms. The zero-order valence-electron chi connectivity index (χ0n) is 19.2. The minimum absolute atomic E-state index is 0.303. The monoisotopic (exact) mass is 432 g/mol. The van der Waals surface area contributed by atoms with E-state index in [0.29, 0.717) is 23.5 Å². The van der Waals surface area contributed by atoms with Gasteiger partial charge in [-0.25, -0.2) is 14.6 Å². The molecule has 3 aliphatic rings. The van der Waals surface area contributed by atoms with Crippen LogP contribution in [0.4, 0.5) is 5.82 Å². The van der Waals surface area contributed by atoms with Crippen LogP contribution < -0.4 is 4.90 Å². The van der Waals surface area contributed by atoms with Gasteiger partial charge in [0.15, 0.2) is 5.82 Å². The van der Waals surface area contributed by atoms with Crippen molar-refractivity contribution in [3.8, 4) is 5.82 Å². The molecule has 2 saturated heterocycles. The molecule has 3 fully saturated rings. The number of hydrogen-bond acceptors (Lipinski definition) is 6. The Hall–Kier alpha value is -2.51. The predicted molar refractivity (Wildman–Crippen MR) is 125 cm³/mol. The molecule has 7 nitrogen and oxygen atoms in total. The van der Waals surface area contributed by atoms with Crippen LogP contribution in [-0.2, 0) is 10.2 Å². The number of benzene rings is 1. The van der Waals surface area contributed by atoms with Crippen molar-refractivity contribution in [2.45, 2.75) is 63.6 Å². The number of aromatic nitrogens is 4. The molecule has 0 N–H and O–H groups in total. The lowest BCUT2D eigenvalue weighted by Crippen LogP contribution is -2.64. The topological polar surface area (TPSA) is 59.3 Å². The molecule has 4 heterocycles. The van der Waals surface area contributed by atoms with Gasteiger partial charge in [-0.1, -0.05) is 25.5 Å². The van der Waals surface area contributed by atoms with Crippen molar-refractivity contribution in [1.82, 2.24) is 24.6 Å².